The number of nitrogens with one attached hydrogen (secondary N) is 2. The van der Waals surface area contributed by atoms with Crippen LogP contribution in [0.5, 0.6) is 0 Å². The Labute approximate surface area is 100 Å². The predicted molar refractivity (Wildman–Crippen MR) is 65.8 cm³/mol. The van der Waals surface area contributed by atoms with Crippen LogP contribution in [-0.2, 0) is 11.2 Å². The summed E-state index contributed by atoms with van der Waals surface area (Å²) < 4.78 is 5.45. The summed E-state index contributed by atoms with van der Waals surface area (Å²) >= 11 is 1.66. The Bertz CT molecular complexity index is 291. The first-order valence-corrected chi connectivity index (χ1v) is 6.67. The molecule has 90 valence electrons. The van der Waals surface area contributed by atoms with E-state index >= 15 is 0 Å². The standard InChI is InChI=1S/C11H19N3OS/c1-12-11-6-15-5-9(11)4-13-3-2-10-7-16-8-14-10/h7-9,11-13H,2-6H2,1H3. The minimum absolute atomic E-state index is 0.506. The van der Waals surface area contributed by atoms with E-state index in [2.05, 4.69) is 21.0 Å². The van der Waals surface area contributed by atoms with Gasteiger partial charge in [0.25, 0.3) is 0 Å². The average molecular weight is 241 g/mol. The maximum atomic E-state index is 5.45. The van der Waals surface area contributed by atoms with Gasteiger partial charge in [0.1, 0.15) is 0 Å². The fourth-order valence-corrected chi connectivity index (χ4v) is 2.58. The van der Waals surface area contributed by atoms with Gasteiger partial charge in [-0.05, 0) is 7.05 Å². The van der Waals surface area contributed by atoms with E-state index in [1.54, 1.807) is 11.3 Å². The summed E-state index contributed by atoms with van der Waals surface area (Å²) in [5.74, 6) is 0.598. The molecule has 1 aliphatic heterocycles. The largest absolute Gasteiger partial charge is 0.379 e. The van der Waals surface area contributed by atoms with Crippen molar-refractivity contribution < 1.29 is 4.74 Å². The monoisotopic (exact) mass is 241 g/mol. The van der Waals surface area contributed by atoms with Crippen molar-refractivity contribution in [1.29, 1.82) is 0 Å². The maximum Gasteiger partial charge on any atom is 0.0794 e. The molecule has 1 aromatic rings. The fraction of sp³-hybridized carbons (Fsp3) is 0.727. The first-order valence-electron chi connectivity index (χ1n) is 5.73. The van der Waals surface area contributed by atoms with Crippen LogP contribution in [0.25, 0.3) is 0 Å². The molecule has 0 bridgehead atoms. The van der Waals surface area contributed by atoms with Crippen LogP contribution in [0.4, 0.5) is 0 Å². The first-order chi connectivity index (χ1) is 7.90. The van der Waals surface area contributed by atoms with Crippen LogP contribution in [0.1, 0.15) is 5.69 Å². The summed E-state index contributed by atoms with van der Waals surface area (Å²) in [6.45, 7) is 3.73. The van der Waals surface area contributed by atoms with E-state index in [1.807, 2.05) is 12.6 Å². The molecular weight excluding hydrogens is 222 g/mol. The number of hydrogen-bond donors (Lipinski definition) is 2. The first kappa shape index (κ1) is 12.0. The van der Waals surface area contributed by atoms with E-state index in [-0.39, 0.29) is 0 Å². The summed E-state index contributed by atoms with van der Waals surface area (Å²) in [5, 5.41) is 8.88. The molecule has 1 fully saturated rings. The van der Waals surface area contributed by atoms with Crippen LogP contribution in [0.2, 0.25) is 0 Å². The molecule has 2 N–H and O–H groups in total. The molecule has 0 aromatic carbocycles. The molecule has 5 heteroatoms. The second-order valence-electron chi connectivity index (χ2n) is 4.13. The third kappa shape index (κ3) is 3.25. The lowest BCUT2D eigenvalue weighted by Gasteiger charge is -2.16. The zero-order chi connectivity index (χ0) is 11.2. The Morgan fingerprint density at radius 1 is 1.56 bits per heavy atom. The molecule has 1 aliphatic rings. The van der Waals surface area contributed by atoms with Crippen molar-refractivity contribution >= 4 is 11.3 Å². The van der Waals surface area contributed by atoms with Crippen molar-refractivity contribution in [2.45, 2.75) is 12.5 Å². The Balaban J connectivity index is 1.61. The van der Waals surface area contributed by atoms with Gasteiger partial charge in [-0.15, -0.1) is 11.3 Å². The zero-order valence-electron chi connectivity index (χ0n) is 9.61. The van der Waals surface area contributed by atoms with Crippen molar-refractivity contribution in [1.82, 2.24) is 15.6 Å². The van der Waals surface area contributed by atoms with Crippen LogP contribution < -0.4 is 10.6 Å². The number of aromatic nitrogens is 1. The summed E-state index contributed by atoms with van der Waals surface area (Å²) in [6, 6.07) is 0.506. The Morgan fingerprint density at radius 3 is 3.25 bits per heavy atom. The van der Waals surface area contributed by atoms with E-state index in [0.717, 1.165) is 32.7 Å². The number of thiazole rings is 1. The highest BCUT2D eigenvalue weighted by Gasteiger charge is 2.25. The lowest BCUT2D eigenvalue weighted by atomic mass is 10.0. The molecule has 2 heterocycles. The summed E-state index contributed by atoms with van der Waals surface area (Å²) in [7, 11) is 2.00. The SMILES string of the molecule is CNC1COCC1CNCCc1cscn1. The molecule has 2 rings (SSSR count). The number of nitrogens with zero attached hydrogens (tertiary/aromatic N) is 1. The van der Waals surface area contributed by atoms with Crippen LogP contribution in [0, 0.1) is 5.92 Å². The van der Waals surface area contributed by atoms with Crippen LogP contribution in [-0.4, -0.2) is 44.4 Å². The van der Waals surface area contributed by atoms with E-state index in [9.17, 15) is 0 Å². The van der Waals surface area contributed by atoms with Gasteiger partial charge in [0.2, 0.25) is 0 Å². The normalized spacial score (nSPS) is 25.1. The van der Waals surface area contributed by atoms with Gasteiger partial charge in [-0.2, -0.15) is 0 Å². The van der Waals surface area contributed by atoms with Gasteiger partial charge in [-0.1, -0.05) is 0 Å². The molecule has 1 aromatic heterocycles. The van der Waals surface area contributed by atoms with Gasteiger partial charge < -0.3 is 15.4 Å². The summed E-state index contributed by atoms with van der Waals surface area (Å²) in [4.78, 5) is 4.26. The van der Waals surface area contributed by atoms with Crippen molar-refractivity contribution in [3.63, 3.8) is 0 Å². The van der Waals surface area contributed by atoms with Gasteiger partial charge >= 0.3 is 0 Å². The Morgan fingerprint density at radius 2 is 2.50 bits per heavy atom. The maximum absolute atomic E-state index is 5.45. The summed E-state index contributed by atoms with van der Waals surface area (Å²) in [5.41, 5.74) is 3.07. The van der Waals surface area contributed by atoms with Crippen LogP contribution >= 0.6 is 11.3 Å². The van der Waals surface area contributed by atoms with E-state index in [1.165, 1.54) is 5.69 Å². The molecule has 2 unspecified atom stereocenters. The molecule has 2 atom stereocenters. The highest BCUT2D eigenvalue weighted by molar-refractivity contribution is 7.07. The number of ether oxygens (including phenoxy) is 1. The highest BCUT2D eigenvalue weighted by atomic mass is 32.1. The number of hydrogen-bond acceptors (Lipinski definition) is 5. The minimum Gasteiger partial charge on any atom is -0.379 e. The van der Waals surface area contributed by atoms with Crippen molar-refractivity contribution in [2.24, 2.45) is 5.92 Å². The third-order valence-corrected chi connectivity index (χ3v) is 3.65. The second kappa shape index (κ2) is 6.30. The minimum atomic E-state index is 0.506. The molecule has 4 nitrogen and oxygen atoms in total. The molecule has 0 radical (unpaired) electrons. The van der Waals surface area contributed by atoms with Gasteiger partial charge in [-0.25, -0.2) is 4.98 Å². The van der Waals surface area contributed by atoms with Gasteiger partial charge in [0, 0.05) is 36.9 Å². The highest BCUT2D eigenvalue weighted by Crippen LogP contribution is 2.11. The third-order valence-electron chi connectivity index (χ3n) is 3.02. The van der Waals surface area contributed by atoms with Gasteiger partial charge in [0.15, 0.2) is 0 Å². The van der Waals surface area contributed by atoms with Crippen molar-refractivity contribution in [3.8, 4) is 0 Å². The number of rotatable bonds is 6. The Hall–Kier alpha value is -0.490. The lowest BCUT2D eigenvalue weighted by Crippen LogP contribution is -2.38. The van der Waals surface area contributed by atoms with Crippen LogP contribution in [0.3, 0.4) is 0 Å². The van der Waals surface area contributed by atoms with E-state index < -0.39 is 0 Å². The van der Waals surface area contributed by atoms with Crippen LogP contribution in [0.15, 0.2) is 10.9 Å². The number of likely N-dealkylation sites (N-methyl/N-ethyl adjacent to an activating group) is 1. The molecule has 0 saturated carbocycles. The zero-order valence-corrected chi connectivity index (χ0v) is 10.4. The van der Waals surface area contributed by atoms with Crippen molar-refractivity contribution in [3.05, 3.63) is 16.6 Å². The molecule has 1 saturated heterocycles. The van der Waals surface area contributed by atoms with Crippen molar-refractivity contribution in [2.75, 3.05) is 33.4 Å². The van der Waals surface area contributed by atoms with E-state index in [0.29, 0.717) is 12.0 Å². The fourth-order valence-electron chi connectivity index (χ4n) is 1.98. The molecule has 16 heavy (non-hydrogen) atoms. The summed E-state index contributed by atoms with van der Waals surface area (Å²) in [6.07, 6.45) is 1.02. The predicted octanol–water partition coefficient (Wildman–Crippen LogP) is 0.510. The molecule has 0 spiro atoms. The molecule has 0 aliphatic carbocycles. The second-order valence-corrected chi connectivity index (χ2v) is 4.85. The topological polar surface area (TPSA) is 46.2 Å². The smallest absolute Gasteiger partial charge is 0.0794 e. The molecule has 0 amide bonds. The van der Waals surface area contributed by atoms with Gasteiger partial charge in [0.05, 0.1) is 24.4 Å². The Kier molecular flexibility index (Phi) is 4.71. The molecular formula is C11H19N3OS. The van der Waals surface area contributed by atoms with E-state index in [4.69, 9.17) is 4.74 Å². The van der Waals surface area contributed by atoms with Gasteiger partial charge in [-0.3, -0.25) is 0 Å². The lowest BCUT2D eigenvalue weighted by molar-refractivity contribution is 0.182. The quantitative estimate of drug-likeness (QED) is 0.712. The average Bonchev–Trinajstić information content (AvgIpc) is 2.95.